The van der Waals surface area contributed by atoms with E-state index in [0.29, 0.717) is 92.1 Å². The van der Waals surface area contributed by atoms with Crippen LogP contribution in [0.4, 0.5) is 0 Å². The first-order chi connectivity index (χ1) is 20.7. The van der Waals surface area contributed by atoms with E-state index in [0.717, 1.165) is 25.7 Å². The van der Waals surface area contributed by atoms with Gasteiger partial charge in [0.15, 0.2) is 0 Å². The molecule has 0 saturated heterocycles. The highest BCUT2D eigenvalue weighted by atomic mass is 16.6. The molecular formula is C32H62O10. The minimum Gasteiger partial charge on any atom is -0.463 e. The molecule has 0 saturated carbocycles. The molecule has 0 spiro atoms. The summed E-state index contributed by atoms with van der Waals surface area (Å²) in [7, 11) is 0. The highest BCUT2D eigenvalue weighted by molar-refractivity contribution is 5.69. The summed E-state index contributed by atoms with van der Waals surface area (Å²) < 4.78 is 43.0. The number of hydrogen-bond donors (Lipinski definition) is 0. The average molecular weight is 607 g/mol. The number of ether oxygens (including phenoxy) is 8. The molecule has 10 heteroatoms. The zero-order valence-electron chi connectivity index (χ0n) is 26.9. The predicted octanol–water partition coefficient (Wildman–Crippen LogP) is 5.67. The van der Waals surface area contributed by atoms with Crippen LogP contribution >= 0.6 is 0 Å². The quantitative estimate of drug-likeness (QED) is 0.0661. The molecule has 0 N–H and O–H groups in total. The molecule has 250 valence electrons. The second kappa shape index (κ2) is 35.9. The van der Waals surface area contributed by atoms with Gasteiger partial charge in [-0.1, -0.05) is 78.1 Å². The Balaban J connectivity index is 3.15. The standard InChI is InChI=1S/C32H62O10/c1-3-5-7-9-10-12-14-16-32(34)42-30-28-40-26-24-38-22-20-36-18-17-35-19-21-37-23-25-39-27-29-41-31(33)15-13-11-8-6-4-2/h3-30H2,1-2H3. The van der Waals surface area contributed by atoms with Crippen molar-refractivity contribution in [3.8, 4) is 0 Å². The smallest absolute Gasteiger partial charge is 0.305 e. The lowest BCUT2D eigenvalue weighted by Gasteiger charge is -2.09. The van der Waals surface area contributed by atoms with E-state index in [-0.39, 0.29) is 25.2 Å². The lowest BCUT2D eigenvalue weighted by Crippen LogP contribution is -2.15. The Kier molecular flexibility index (Phi) is 34.8. The molecule has 0 aromatic rings. The lowest BCUT2D eigenvalue weighted by molar-refractivity contribution is -0.146. The molecule has 0 aromatic carbocycles. The molecule has 0 rings (SSSR count). The summed E-state index contributed by atoms with van der Waals surface area (Å²) in [5.74, 6) is -0.288. The van der Waals surface area contributed by atoms with Gasteiger partial charge in [-0.3, -0.25) is 9.59 Å². The van der Waals surface area contributed by atoms with E-state index in [4.69, 9.17) is 37.9 Å². The molecule has 0 aliphatic rings. The van der Waals surface area contributed by atoms with Crippen molar-refractivity contribution in [2.45, 2.75) is 104 Å². The maximum atomic E-state index is 11.7. The second-order valence-corrected chi connectivity index (χ2v) is 10.2. The van der Waals surface area contributed by atoms with Crippen LogP contribution in [-0.2, 0) is 47.5 Å². The van der Waals surface area contributed by atoms with Crippen LogP contribution in [0.15, 0.2) is 0 Å². The lowest BCUT2D eigenvalue weighted by atomic mass is 10.1. The first kappa shape index (κ1) is 40.7. The van der Waals surface area contributed by atoms with E-state index in [1.165, 1.54) is 51.4 Å². The molecule has 0 amide bonds. The minimum absolute atomic E-state index is 0.141. The van der Waals surface area contributed by atoms with Crippen LogP contribution in [0.3, 0.4) is 0 Å². The number of rotatable bonds is 35. The molecule has 0 atom stereocenters. The van der Waals surface area contributed by atoms with Gasteiger partial charge < -0.3 is 37.9 Å². The van der Waals surface area contributed by atoms with Crippen LogP contribution in [0.1, 0.15) is 104 Å². The fourth-order valence-corrected chi connectivity index (χ4v) is 3.87. The maximum absolute atomic E-state index is 11.7. The number of carbonyl (C=O) groups is 2. The van der Waals surface area contributed by atoms with Crippen molar-refractivity contribution in [1.82, 2.24) is 0 Å². The fourth-order valence-electron chi connectivity index (χ4n) is 3.87. The summed E-state index contributed by atoms with van der Waals surface area (Å²) in [6.45, 7) is 10.5. The molecule has 42 heavy (non-hydrogen) atoms. The summed E-state index contributed by atoms with van der Waals surface area (Å²) >= 11 is 0. The molecule has 10 nitrogen and oxygen atoms in total. The van der Waals surface area contributed by atoms with Gasteiger partial charge in [0, 0.05) is 12.8 Å². The van der Waals surface area contributed by atoms with Gasteiger partial charge in [0.25, 0.3) is 0 Å². The third-order valence-corrected chi connectivity index (χ3v) is 6.31. The summed E-state index contributed by atoms with van der Waals surface area (Å²) in [4.78, 5) is 23.3. The van der Waals surface area contributed by atoms with E-state index >= 15 is 0 Å². The normalized spacial score (nSPS) is 11.2. The van der Waals surface area contributed by atoms with E-state index < -0.39 is 0 Å². The number of hydrogen-bond acceptors (Lipinski definition) is 10. The monoisotopic (exact) mass is 606 g/mol. The number of unbranched alkanes of at least 4 members (excludes halogenated alkanes) is 10. The van der Waals surface area contributed by atoms with Gasteiger partial charge in [0.05, 0.1) is 79.3 Å². The van der Waals surface area contributed by atoms with Crippen LogP contribution in [-0.4, -0.2) is 104 Å². The Morgan fingerprint density at radius 3 is 0.857 bits per heavy atom. The Morgan fingerprint density at radius 1 is 0.333 bits per heavy atom. The van der Waals surface area contributed by atoms with E-state index in [2.05, 4.69) is 13.8 Å². The van der Waals surface area contributed by atoms with Gasteiger partial charge in [-0.25, -0.2) is 0 Å². The minimum atomic E-state index is -0.147. The van der Waals surface area contributed by atoms with Gasteiger partial charge in [-0.05, 0) is 12.8 Å². The van der Waals surface area contributed by atoms with Crippen LogP contribution in [0, 0.1) is 0 Å². The average Bonchev–Trinajstić information content (AvgIpc) is 2.99. The van der Waals surface area contributed by atoms with E-state index in [9.17, 15) is 9.59 Å². The summed E-state index contributed by atoms with van der Waals surface area (Å²) in [5.41, 5.74) is 0. The summed E-state index contributed by atoms with van der Waals surface area (Å²) in [5, 5.41) is 0. The highest BCUT2D eigenvalue weighted by Crippen LogP contribution is 2.09. The third kappa shape index (κ3) is 34.9. The first-order valence-corrected chi connectivity index (χ1v) is 16.5. The zero-order valence-corrected chi connectivity index (χ0v) is 26.9. The molecular weight excluding hydrogens is 544 g/mol. The van der Waals surface area contributed by atoms with Crippen molar-refractivity contribution in [2.75, 3.05) is 92.5 Å². The fraction of sp³-hybridized carbons (Fsp3) is 0.938. The SMILES string of the molecule is CCCCCCCCCC(=O)OCCOCCOCCOCCOCCOCCOCCOC(=O)CCCCCCC. The summed E-state index contributed by atoms with van der Waals surface area (Å²) in [6.07, 6.45) is 14.9. The van der Waals surface area contributed by atoms with Crippen LogP contribution < -0.4 is 0 Å². The molecule has 0 fully saturated rings. The Labute approximate surface area is 255 Å². The molecule has 0 aliphatic carbocycles. The Bertz CT molecular complexity index is 561. The van der Waals surface area contributed by atoms with Gasteiger partial charge in [-0.15, -0.1) is 0 Å². The Hall–Kier alpha value is -1.30. The topological polar surface area (TPSA) is 108 Å². The van der Waals surface area contributed by atoms with Crippen molar-refractivity contribution in [3.05, 3.63) is 0 Å². The molecule has 0 unspecified atom stereocenters. The highest BCUT2D eigenvalue weighted by Gasteiger charge is 2.03. The van der Waals surface area contributed by atoms with Crippen LogP contribution in [0.25, 0.3) is 0 Å². The second-order valence-electron chi connectivity index (χ2n) is 10.2. The van der Waals surface area contributed by atoms with Crippen molar-refractivity contribution >= 4 is 11.9 Å². The first-order valence-electron chi connectivity index (χ1n) is 16.5. The van der Waals surface area contributed by atoms with E-state index in [1.54, 1.807) is 0 Å². The van der Waals surface area contributed by atoms with E-state index in [1.807, 2.05) is 0 Å². The molecule has 0 heterocycles. The van der Waals surface area contributed by atoms with Gasteiger partial charge in [0.1, 0.15) is 13.2 Å². The van der Waals surface area contributed by atoms with Crippen molar-refractivity contribution < 1.29 is 47.5 Å². The number of carbonyl (C=O) groups excluding carboxylic acids is 2. The van der Waals surface area contributed by atoms with Crippen molar-refractivity contribution in [1.29, 1.82) is 0 Å². The predicted molar refractivity (Wildman–Crippen MR) is 163 cm³/mol. The van der Waals surface area contributed by atoms with Gasteiger partial charge in [-0.2, -0.15) is 0 Å². The molecule has 0 aliphatic heterocycles. The van der Waals surface area contributed by atoms with Crippen LogP contribution in [0.2, 0.25) is 0 Å². The maximum Gasteiger partial charge on any atom is 0.305 e. The van der Waals surface area contributed by atoms with Crippen LogP contribution in [0.5, 0.6) is 0 Å². The Morgan fingerprint density at radius 2 is 0.571 bits per heavy atom. The van der Waals surface area contributed by atoms with Gasteiger partial charge >= 0.3 is 11.9 Å². The zero-order chi connectivity index (χ0) is 30.6. The van der Waals surface area contributed by atoms with Gasteiger partial charge in [0.2, 0.25) is 0 Å². The molecule has 0 aromatic heterocycles. The summed E-state index contributed by atoms with van der Waals surface area (Å²) in [6, 6.07) is 0. The molecule has 0 radical (unpaired) electrons. The third-order valence-electron chi connectivity index (χ3n) is 6.31. The van der Waals surface area contributed by atoms with Crippen molar-refractivity contribution in [3.63, 3.8) is 0 Å². The van der Waals surface area contributed by atoms with Crippen molar-refractivity contribution in [2.24, 2.45) is 0 Å². The number of esters is 2. The molecule has 0 bridgehead atoms. The largest absolute Gasteiger partial charge is 0.463 e.